The van der Waals surface area contributed by atoms with Crippen molar-refractivity contribution in [3.63, 3.8) is 0 Å². The fraction of sp³-hybridized carbons (Fsp3) is 0.667. The van der Waals surface area contributed by atoms with Crippen LogP contribution in [0, 0.1) is 35.3 Å². The predicted molar refractivity (Wildman–Crippen MR) is 162 cm³/mol. The first-order valence-electron chi connectivity index (χ1n) is 16.8. The van der Waals surface area contributed by atoms with Gasteiger partial charge in [0, 0.05) is 17.5 Å². The van der Waals surface area contributed by atoms with Gasteiger partial charge >= 0.3 is 6.11 Å². The fourth-order valence-electron chi connectivity index (χ4n) is 7.49. The van der Waals surface area contributed by atoms with Crippen molar-refractivity contribution in [1.82, 2.24) is 0 Å². The molecule has 0 amide bonds. The second-order valence-electron chi connectivity index (χ2n) is 13.2. The molecule has 1 saturated heterocycles. The third kappa shape index (κ3) is 8.91. The van der Waals surface area contributed by atoms with Gasteiger partial charge in [0.15, 0.2) is 17.9 Å². The number of hydrogen-bond acceptors (Lipinski definition) is 4. The average Bonchev–Trinajstić information content (AvgIpc) is 3.05. The van der Waals surface area contributed by atoms with Gasteiger partial charge in [-0.15, -0.1) is 0 Å². The SMILES string of the molecule is CCCCCC1COC(c2ccc(C3CCC(C4CCC(C(F)(F)Oc5ccc(OCCF)c(F)c5)CC4)CC3)c(F)c2)OC1. The van der Waals surface area contributed by atoms with E-state index in [1.807, 2.05) is 12.1 Å². The zero-order valence-electron chi connectivity index (χ0n) is 26.3. The van der Waals surface area contributed by atoms with Gasteiger partial charge in [0.05, 0.1) is 19.1 Å². The van der Waals surface area contributed by atoms with Gasteiger partial charge in [-0.3, -0.25) is 0 Å². The van der Waals surface area contributed by atoms with E-state index in [2.05, 4.69) is 6.92 Å². The molecule has 0 N–H and O–H groups in total. The molecule has 3 fully saturated rings. The quantitative estimate of drug-likeness (QED) is 0.162. The lowest BCUT2D eigenvalue weighted by molar-refractivity contribution is -0.224. The molecule has 2 aliphatic carbocycles. The van der Waals surface area contributed by atoms with Crippen molar-refractivity contribution in [1.29, 1.82) is 0 Å². The highest BCUT2D eigenvalue weighted by atomic mass is 19.3. The van der Waals surface area contributed by atoms with Crippen molar-refractivity contribution < 1.29 is 40.9 Å². The molecule has 0 atom stereocenters. The van der Waals surface area contributed by atoms with E-state index < -0.39 is 30.8 Å². The molecular formula is C36H47F5O4. The number of alkyl halides is 3. The van der Waals surface area contributed by atoms with E-state index in [9.17, 15) is 8.78 Å². The molecule has 0 spiro atoms. The first-order chi connectivity index (χ1) is 21.8. The maximum absolute atomic E-state index is 15.3. The number of hydrogen-bond donors (Lipinski definition) is 0. The molecule has 3 aliphatic rings. The third-order valence-corrected chi connectivity index (χ3v) is 10.1. The van der Waals surface area contributed by atoms with Crippen LogP contribution in [-0.4, -0.2) is 32.6 Å². The summed E-state index contributed by atoms with van der Waals surface area (Å²) < 4.78 is 93.5. The van der Waals surface area contributed by atoms with E-state index in [1.54, 1.807) is 6.07 Å². The number of benzene rings is 2. The summed E-state index contributed by atoms with van der Waals surface area (Å²) in [5, 5.41) is 0. The molecular weight excluding hydrogens is 591 g/mol. The van der Waals surface area contributed by atoms with Crippen molar-refractivity contribution >= 4 is 0 Å². The van der Waals surface area contributed by atoms with Gasteiger partial charge in [-0.1, -0.05) is 38.3 Å². The Kier molecular flexibility index (Phi) is 12.0. The molecule has 5 rings (SSSR count). The van der Waals surface area contributed by atoms with Gasteiger partial charge in [0.2, 0.25) is 0 Å². The first-order valence-corrected chi connectivity index (χ1v) is 16.8. The smallest absolute Gasteiger partial charge is 0.400 e. The van der Waals surface area contributed by atoms with Gasteiger partial charge in [0.25, 0.3) is 0 Å². The lowest BCUT2D eigenvalue weighted by atomic mass is 9.68. The number of ether oxygens (including phenoxy) is 4. The largest absolute Gasteiger partial charge is 0.488 e. The first kappa shape index (κ1) is 34.0. The maximum atomic E-state index is 15.3. The van der Waals surface area contributed by atoms with E-state index in [0.29, 0.717) is 56.7 Å². The van der Waals surface area contributed by atoms with Gasteiger partial charge in [-0.25, -0.2) is 13.2 Å². The summed E-state index contributed by atoms with van der Waals surface area (Å²) in [6.07, 6.45) is 6.45. The molecule has 2 saturated carbocycles. The molecule has 4 nitrogen and oxygen atoms in total. The van der Waals surface area contributed by atoms with Crippen LogP contribution in [0.15, 0.2) is 36.4 Å². The zero-order valence-corrected chi connectivity index (χ0v) is 26.3. The van der Waals surface area contributed by atoms with Gasteiger partial charge in [-0.05, 0) is 99.3 Å². The second kappa shape index (κ2) is 15.9. The summed E-state index contributed by atoms with van der Waals surface area (Å²) >= 11 is 0. The van der Waals surface area contributed by atoms with Crippen LogP contribution in [-0.2, 0) is 9.47 Å². The highest BCUT2D eigenvalue weighted by Crippen LogP contribution is 2.47. The highest BCUT2D eigenvalue weighted by molar-refractivity contribution is 5.33. The topological polar surface area (TPSA) is 36.9 Å². The van der Waals surface area contributed by atoms with E-state index >= 15 is 13.2 Å². The highest BCUT2D eigenvalue weighted by Gasteiger charge is 2.45. The van der Waals surface area contributed by atoms with Gasteiger partial charge in [-0.2, -0.15) is 8.78 Å². The van der Waals surface area contributed by atoms with E-state index in [-0.39, 0.29) is 29.8 Å². The standard InChI is InChI=1S/C36H47F5O4/c1-2-3-4-5-24-22-43-35(44-23-24)28-12-16-31(32(38)20-28)27-8-6-25(7-9-27)26-10-13-29(14-11-26)36(40,41)45-30-15-17-34(33(39)21-30)42-19-18-37/h12,15-17,20-21,24-27,29,35H,2-11,13-14,18-19,22-23H2,1H3. The minimum atomic E-state index is -3.43. The fourth-order valence-corrected chi connectivity index (χ4v) is 7.49. The van der Waals surface area contributed by atoms with Crippen molar-refractivity contribution in [3.8, 4) is 11.5 Å². The van der Waals surface area contributed by atoms with Gasteiger partial charge < -0.3 is 18.9 Å². The predicted octanol–water partition coefficient (Wildman–Crippen LogP) is 10.3. The Balaban J connectivity index is 1.06. The van der Waals surface area contributed by atoms with Crippen molar-refractivity contribution in [2.24, 2.45) is 23.7 Å². The maximum Gasteiger partial charge on any atom is 0.400 e. The van der Waals surface area contributed by atoms with Crippen LogP contribution in [0.4, 0.5) is 22.0 Å². The average molecular weight is 639 g/mol. The van der Waals surface area contributed by atoms with Crippen molar-refractivity contribution in [2.75, 3.05) is 26.5 Å². The summed E-state index contributed by atoms with van der Waals surface area (Å²) in [6.45, 7) is 2.38. The molecule has 0 aromatic heterocycles. The molecule has 1 heterocycles. The molecule has 2 aromatic carbocycles. The van der Waals surface area contributed by atoms with Crippen LogP contribution < -0.4 is 9.47 Å². The van der Waals surface area contributed by atoms with Crippen LogP contribution in [0.2, 0.25) is 0 Å². The molecule has 0 bridgehead atoms. The molecule has 2 aromatic rings. The molecule has 9 heteroatoms. The molecule has 0 radical (unpaired) electrons. The molecule has 1 aliphatic heterocycles. The molecule has 45 heavy (non-hydrogen) atoms. The van der Waals surface area contributed by atoms with Crippen LogP contribution in [0.3, 0.4) is 0 Å². The summed E-state index contributed by atoms with van der Waals surface area (Å²) in [5.41, 5.74) is 1.46. The molecule has 0 unspecified atom stereocenters. The Morgan fingerprint density at radius 1 is 0.822 bits per heavy atom. The Morgan fingerprint density at radius 2 is 1.51 bits per heavy atom. The normalized spacial score (nSPS) is 27.7. The van der Waals surface area contributed by atoms with E-state index in [1.165, 1.54) is 31.4 Å². The number of halogens is 5. The number of unbranched alkanes of at least 4 members (excludes halogenated alkanes) is 2. The summed E-state index contributed by atoms with van der Waals surface area (Å²) in [4.78, 5) is 0. The Hall–Kier alpha value is -2.39. The van der Waals surface area contributed by atoms with Crippen LogP contribution >= 0.6 is 0 Å². The minimum Gasteiger partial charge on any atom is -0.488 e. The lowest BCUT2D eigenvalue weighted by Gasteiger charge is -2.39. The monoisotopic (exact) mass is 638 g/mol. The second-order valence-corrected chi connectivity index (χ2v) is 13.2. The summed E-state index contributed by atoms with van der Waals surface area (Å²) in [7, 11) is 0. The van der Waals surface area contributed by atoms with Crippen LogP contribution in [0.25, 0.3) is 0 Å². The Labute approximate surface area is 264 Å². The summed E-state index contributed by atoms with van der Waals surface area (Å²) in [5.74, 6) is -1.16. The van der Waals surface area contributed by atoms with Crippen LogP contribution in [0.5, 0.6) is 11.5 Å². The number of rotatable bonds is 13. The van der Waals surface area contributed by atoms with E-state index in [4.69, 9.17) is 18.9 Å². The third-order valence-electron chi connectivity index (χ3n) is 10.1. The van der Waals surface area contributed by atoms with Crippen molar-refractivity contribution in [3.05, 3.63) is 59.2 Å². The minimum absolute atomic E-state index is 0.148. The van der Waals surface area contributed by atoms with Crippen molar-refractivity contribution in [2.45, 2.75) is 102 Å². The van der Waals surface area contributed by atoms with Crippen LogP contribution in [0.1, 0.15) is 107 Å². The Bertz CT molecular complexity index is 1200. The molecule has 250 valence electrons. The lowest BCUT2D eigenvalue weighted by Crippen LogP contribution is -2.38. The van der Waals surface area contributed by atoms with Gasteiger partial charge in [0.1, 0.15) is 24.8 Å². The Morgan fingerprint density at radius 3 is 2.13 bits per heavy atom. The summed E-state index contributed by atoms with van der Waals surface area (Å²) in [6, 6.07) is 8.62. The zero-order chi connectivity index (χ0) is 31.8. The van der Waals surface area contributed by atoms with E-state index in [0.717, 1.165) is 49.3 Å².